The maximum Gasteiger partial charge on any atom is 0.261 e. The van der Waals surface area contributed by atoms with Crippen molar-refractivity contribution in [1.82, 2.24) is 5.32 Å². The second-order valence-corrected chi connectivity index (χ2v) is 9.51. The van der Waals surface area contributed by atoms with Crippen LogP contribution in [0.2, 0.25) is 5.02 Å². The van der Waals surface area contributed by atoms with E-state index in [0.29, 0.717) is 22.2 Å². The molecular formula is C20H21ClN2O3S. The molecule has 0 heterocycles. The van der Waals surface area contributed by atoms with E-state index in [1.807, 2.05) is 0 Å². The summed E-state index contributed by atoms with van der Waals surface area (Å²) in [6.45, 7) is 0. The highest BCUT2D eigenvalue weighted by molar-refractivity contribution is 7.92. The van der Waals surface area contributed by atoms with Crippen LogP contribution in [0.25, 0.3) is 0 Å². The molecule has 2 unspecified atom stereocenters. The van der Waals surface area contributed by atoms with Gasteiger partial charge in [-0.2, -0.15) is 0 Å². The smallest absolute Gasteiger partial charge is 0.261 e. The molecule has 2 aromatic carbocycles. The van der Waals surface area contributed by atoms with Crippen LogP contribution in [0.15, 0.2) is 53.4 Å². The van der Waals surface area contributed by atoms with E-state index in [4.69, 9.17) is 11.6 Å². The van der Waals surface area contributed by atoms with E-state index in [2.05, 4.69) is 10.0 Å². The number of hydrogen-bond donors (Lipinski definition) is 2. The predicted octanol–water partition coefficient (Wildman–Crippen LogP) is 4.06. The first-order valence-electron chi connectivity index (χ1n) is 9.10. The molecular weight excluding hydrogens is 384 g/mol. The van der Waals surface area contributed by atoms with Crippen LogP contribution in [0.5, 0.6) is 0 Å². The average molecular weight is 405 g/mol. The molecule has 2 aliphatic rings. The van der Waals surface area contributed by atoms with Gasteiger partial charge < -0.3 is 5.32 Å². The van der Waals surface area contributed by atoms with Crippen molar-refractivity contribution in [2.24, 2.45) is 11.8 Å². The number of carbonyl (C=O) groups excluding carboxylic acids is 1. The first-order chi connectivity index (χ1) is 12.9. The van der Waals surface area contributed by atoms with Gasteiger partial charge in [-0.25, -0.2) is 8.42 Å². The maximum atomic E-state index is 12.5. The van der Waals surface area contributed by atoms with Crippen LogP contribution >= 0.6 is 11.6 Å². The monoisotopic (exact) mass is 404 g/mol. The SMILES string of the molecule is O=C(N[C@@H]1CC2CCC1C2)c1ccc(NS(=O)(=O)c2ccc(Cl)cc2)cc1. The van der Waals surface area contributed by atoms with E-state index in [1.165, 1.54) is 43.5 Å². The average Bonchev–Trinajstić information content (AvgIpc) is 3.25. The van der Waals surface area contributed by atoms with E-state index in [1.54, 1.807) is 24.3 Å². The van der Waals surface area contributed by atoms with Crippen molar-refractivity contribution in [2.75, 3.05) is 4.72 Å². The Labute approximate surface area is 164 Å². The van der Waals surface area contributed by atoms with Crippen LogP contribution in [-0.4, -0.2) is 20.4 Å². The Balaban J connectivity index is 1.41. The van der Waals surface area contributed by atoms with Gasteiger partial charge in [-0.1, -0.05) is 18.0 Å². The largest absolute Gasteiger partial charge is 0.349 e. The fraction of sp³-hybridized carbons (Fsp3) is 0.350. The molecule has 142 valence electrons. The zero-order valence-electron chi connectivity index (χ0n) is 14.7. The molecule has 0 aliphatic heterocycles. The van der Waals surface area contributed by atoms with Crippen LogP contribution in [-0.2, 0) is 10.0 Å². The highest BCUT2D eigenvalue weighted by Crippen LogP contribution is 2.44. The number of carbonyl (C=O) groups is 1. The molecule has 3 atom stereocenters. The third-order valence-electron chi connectivity index (χ3n) is 5.58. The molecule has 0 spiro atoms. The number of rotatable bonds is 5. The third kappa shape index (κ3) is 3.96. The molecule has 2 saturated carbocycles. The summed E-state index contributed by atoms with van der Waals surface area (Å²) >= 11 is 5.80. The minimum atomic E-state index is -3.70. The molecule has 2 N–H and O–H groups in total. The quantitative estimate of drug-likeness (QED) is 0.789. The Morgan fingerprint density at radius 1 is 0.963 bits per heavy atom. The van der Waals surface area contributed by atoms with Crippen LogP contribution in [0, 0.1) is 11.8 Å². The Bertz CT molecular complexity index is 942. The third-order valence-corrected chi connectivity index (χ3v) is 7.23. The predicted molar refractivity (Wildman–Crippen MR) is 105 cm³/mol. The molecule has 2 aromatic rings. The van der Waals surface area contributed by atoms with Gasteiger partial charge >= 0.3 is 0 Å². The number of sulfonamides is 1. The molecule has 0 aromatic heterocycles. The Hall–Kier alpha value is -2.05. The van der Waals surface area contributed by atoms with Crippen LogP contribution in [0.1, 0.15) is 36.0 Å². The number of anilines is 1. The van der Waals surface area contributed by atoms with Gasteiger partial charge in [0.1, 0.15) is 0 Å². The topological polar surface area (TPSA) is 75.3 Å². The lowest BCUT2D eigenvalue weighted by Gasteiger charge is -2.22. The fourth-order valence-electron chi connectivity index (χ4n) is 4.19. The van der Waals surface area contributed by atoms with Gasteiger partial charge in [0.05, 0.1) is 4.90 Å². The molecule has 5 nitrogen and oxygen atoms in total. The molecule has 27 heavy (non-hydrogen) atoms. The minimum absolute atomic E-state index is 0.0975. The lowest BCUT2D eigenvalue weighted by Crippen LogP contribution is -2.38. The Morgan fingerprint density at radius 3 is 2.26 bits per heavy atom. The number of hydrogen-bond acceptors (Lipinski definition) is 3. The summed E-state index contributed by atoms with van der Waals surface area (Å²) in [6.07, 6.45) is 4.81. The van der Waals surface area contributed by atoms with Gasteiger partial charge in [0.2, 0.25) is 0 Å². The van der Waals surface area contributed by atoms with Gasteiger partial charge in [0.15, 0.2) is 0 Å². The fourth-order valence-corrected chi connectivity index (χ4v) is 5.38. The number of benzene rings is 2. The van der Waals surface area contributed by atoms with Crippen molar-refractivity contribution in [1.29, 1.82) is 0 Å². The summed E-state index contributed by atoms with van der Waals surface area (Å²) in [5, 5.41) is 3.61. The Morgan fingerprint density at radius 2 is 1.67 bits per heavy atom. The van der Waals surface area contributed by atoms with Crippen molar-refractivity contribution < 1.29 is 13.2 Å². The van der Waals surface area contributed by atoms with Crippen molar-refractivity contribution in [3.05, 3.63) is 59.1 Å². The van der Waals surface area contributed by atoms with Crippen LogP contribution in [0.4, 0.5) is 5.69 Å². The Kier molecular flexibility index (Phi) is 4.86. The summed E-state index contributed by atoms with van der Waals surface area (Å²) in [5.74, 6) is 1.29. The molecule has 0 saturated heterocycles. The lowest BCUT2D eigenvalue weighted by molar-refractivity contribution is 0.0923. The first kappa shape index (κ1) is 18.3. The molecule has 2 bridgehead atoms. The van der Waals surface area contributed by atoms with Crippen molar-refractivity contribution in [3.8, 4) is 0 Å². The molecule has 2 fully saturated rings. The summed E-state index contributed by atoms with van der Waals surface area (Å²) in [5.41, 5.74) is 0.939. The van der Waals surface area contributed by atoms with Gasteiger partial charge in [0, 0.05) is 22.3 Å². The van der Waals surface area contributed by atoms with Gasteiger partial charge in [-0.15, -0.1) is 0 Å². The normalized spacial score (nSPS) is 24.0. The highest BCUT2D eigenvalue weighted by Gasteiger charge is 2.40. The van der Waals surface area contributed by atoms with E-state index in [9.17, 15) is 13.2 Å². The van der Waals surface area contributed by atoms with Crippen LogP contribution in [0.3, 0.4) is 0 Å². The maximum absolute atomic E-state index is 12.5. The van der Waals surface area contributed by atoms with Crippen molar-refractivity contribution >= 4 is 33.2 Å². The van der Waals surface area contributed by atoms with Gasteiger partial charge in [-0.05, 0) is 79.6 Å². The molecule has 2 aliphatic carbocycles. The standard InChI is InChI=1S/C20H21ClN2O3S/c21-16-5-9-18(10-6-16)27(25,26)23-17-7-3-14(4-8-17)20(24)22-19-12-13-1-2-15(19)11-13/h3-10,13,15,19,23H,1-2,11-12H2,(H,22,24)/t13?,15?,19-/m1/s1. The number of amides is 1. The zero-order valence-corrected chi connectivity index (χ0v) is 16.3. The molecule has 0 radical (unpaired) electrons. The van der Waals surface area contributed by atoms with E-state index >= 15 is 0 Å². The second-order valence-electron chi connectivity index (χ2n) is 7.39. The molecule has 4 rings (SSSR count). The van der Waals surface area contributed by atoms with E-state index < -0.39 is 10.0 Å². The molecule has 1 amide bonds. The van der Waals surface area contributed by atoms with Crippen LogP contribution < -0.4 is 10.0 Å². The van der Waals surface area contributed by atoms with Crippen molar-refractivity contribution in [3.63, 3.8) is 0 Å². The van der Waals surface area contributed by atoms with E-state index in [0.717, 1.165) is 12.3 Å². The lowest BCUT2D eigenvalue weighted by atomic mass is 9.95. The van der Waals surface area contributed by atoms with Gasteiger partial charge in [-0.3, -0.25) is 9.52 Å². The number of halogens is 1. The number of fused-ring (bicyclic) bond motifs is 2. The summed E-state index contributed by atoms with van der Waals surface area (Å²) in [7, 11) is -3.70. The summed E-state index contributed by atoms with van der Waals surface area (Å²) in [4.78, 5) is 12.6. The zero-order chi connectivity index (χ0) is 19.0. The van der Waals surface area contributed by atoms with Crippen molar-refractivity contribution in [2.45, 2.75) is 36.6 Å². The van der Waals surface area contributed by atoms with E-state index in [-0.39, 0.29) is 16.8 Å². The van der Waals surface area contributed by atoms with Gasteiger partial charge in [0.25, 0.3) is 15.9 Å². The summed E-state index contributed by atoms with van der Waals surface area (Å²) in [6, 6.07) is 12.7. The molecule has 7 heteroatoms. The second kappa shape index (κ2) is 7.17. The minimum Gasteiger partial charge on any atom is -0.349 e. The first-order valence-corrected chi connectivity index (χ1v) is 11.0. The highest BCUT2D eigenvalue weighted by atomic mass is 35.5. The summed E-state index contributed by atoms with van der Waals surface area (Å²) < 4.78 is 27.3. The number of nitrogens with one attached hydrogen (secondary N) is 2.